The number of carbonyl (C=O) groups excluding carboxylic acids is 1. The van der Waals surface area contributed by atoms with Gasteiger partial charge in [0.25, 0.3) is 5.91 Å². The molecule has 2 aromatic carbocycles. The zero-order valence-electron chi connectivity index (χ0n) is 16.7. The Bertz CT molecular complexity index is 1070. The number of hydrogen-bond donors (Lipinski definition) is 1. The number of amides is 1. The van der Waals surface area contributed by atoms with Gasteiger partial charge in [-0.1, -0.05) is 28.1 Å². The van der Waals surface area contributed by atoms with Crippen molar-refractivity contribution in [2.45, 2.75) is 11.1 Å². The fourth-order valence-electron chi connectivity index (χ4n) is 3.06. The molecule has 1 saturated heterocycles. The van der Waals surface area contributed by atoms with Gasteiger partial charge in [0.1, 0.15) is 0 Å². The number of nitrogens with zero attached hydrogens (tertiary/aromatic N) is 3. The van der Waals surface area contributed by atoms with Crippen molar-refractivity contribution in [3.05, 3.63) is 64.1 Å². The van der Waals surface area contributed by atoms with Crippen LogP contribution in [0.15, 0.2) is 63.0 Å². The second-order valence-corrected chi connectivity index (χ2v) is 9.90. The highest BCUT2D eigenvalue weighted by atomic mass is 79.9. The lowest BCUT2D eigenvalue weighted by molar-refractivity contribution is -0.137. The van der Waals surface area contributed by atoms with Crippen LogP contribution in [0.25, 0.3) is 0 Å². The minimum atomic E-state index is -4.41. The van der Waals surface area contributed by atoms with Gasteiger partial charge in [0.15, 0.2) is 0 Å². The van der Waals surface area contributed by atoms with Crippen molar-refractivity contribution in [3.63, 3.8) is 0 Å². The van der Waals surface area contributed by atoms with Gasteiger partial charge in [0, 0.05) is 30.7 Å². The summed E-state index contributed by atoms with van der Waals surface area (Å²) in [6, 6.07) is 10.8. The predicted octanol–water partition coefficient (Wildman–Crippen LogP) is 2.92. The standard InChI is InChI=1S/C20H20BrF3N4O3S/c21-17-5-7-18(8-6-17)32(30,31)28-11-9-27(10-12-28)14-19(29)26-25-13-15-1-3-16(4-2-15)20(22,23)24/h1-8,13H,9-12,14H2,(H,26,29)/b25-13-. The molecule has 0 saturated carbocycles. The fraction of sp³-hybridized carbons (Fsp3) is 0.300. The van der Waals surface area contributed by atoms with E-state index in [-0.39, 0.29) is 24.5 Å². The number of nitrogens with one attached hydrogen (secondary N) is 1. The van der Waals surface area contributed by atoms with Crippen molar-refractivity contribution in [2.24, 2.45) is 5.10 Å². The average molecular weight is 533 g/mol. The second kappa shape index (κ2) is 10.1. The topological polar surface area (TPSA) is 82.1 Å². The number of benzene rings is 2. The molecule has 1 aliphatic rings. The maximum atomic E-state index is 12.7. The van der Waals surface area contributed by atoms with E-state index in [9.17, 15) is 26.4 Å². The first-order valence-corrected chi connectivity index (χ1v) is 11.8. The molecule has 1 aliphatic heterocycles. The maximum absolute atomic E-state index is 12.7. The third kappa shape index (κ3) is 6.37. The molecule has 32 heavy (non-hydrogen) atoms. The number of hydrogen-bond acceptors (Lipinski definition) is 5. The fourth-order valence-corrected chi connectivity index (χ4v) is 4.75. The Balaban J connectivity index is 1.46. The SMILES string of the molecule is O=C(CN1CCN(S(=O)(=O)c2ccc(Br)cc2)CC1)N/N=C\c1ccc(C(F)(F)F)cc1. The first kappa shape index (κ1) is 24.4. The van der Waals surface area contributed by atoms with E-state index in [1.807, 2.05) is 0 Å². The first-order valence-electron chi connectivity index (χ1n) is 9.53. The smallest absolute Gasteiger partial charge is 0.292 e. The normalized spacial score (nSPS) is 16.4. The van der Waals surface area contributed by atoms with Crippen LogP contribution < -0.4 is 5.43 Å². The summed E-state index contributed by atoms with van der Waals surface area (Å²) in [6.07, 6.45) is -3.16. The zero-order valence-corrected chi connectivity index (χ0v) is 19.1. The van der Waals surface area contributed by atoms with Crippen molar-refractivity contribution in [1.29, 1.82) is 0 Å². The largest absolute Gasteiger partial charge is 0.416 e. The van der Waals surface area contributed by atoms with Crippen LogP contribution >= 0.6 is 15.9 Å². The van der Waals surface area contributed by atoms with Crippen molar-refractivity contribution >= 4 is 38.1 Å². The monoisotopic (exact) mass is 532 g/mol. The average Bonchev–Trinajstić information content (AvgIpc) is 2.74. The van der Waals surface area contributed by atoms with Gasteiger partial charge in [-0.05, 0) is 42.0 Å². The van der Waals surface area contributed by atoms with E-state index >= 15 is 0 Å². The second-order valence-electron chi connectivity index (χ2n) is 7.05. The van der Waals surface area contributed by atoms with Gasteiger partial charge in [0.2, 0.25) is 10.0 Å². The molecule has 172 valence electrons. The molecule has 2 aromatic rings. The highest BCUT2D eigenvalue weighted by Gasteiger charge is 2.30. The van der Waals surface area contributed by atoms with Crippen LogP contribution in [0.2, 0.25) is 0 Å². The molecular formula is C20H20BrF3N4O3S. The van der Waals surface area contributed by atoms with Gasteiger partial charge in [-0.25, -0.2) is 13.8 Å². The van der Waals surface area contributed by atoms with Crippen molar-refractivity contribution in [2.75, 3.05) is 32.7 Å². The molecule has 0 atom stereocenters. The Kier molecular flexibility index (Phi) is 7.70. The molecular weight excluding hydrogens is 513 g/mol. The number of carbonyl (C=O) groups is 1. The molecule has 0 spiro atoms. The maximum Gasteiger partial charge on any atom is 0.416 e. The number of rotatable bonds is 6. The van der Waals surface area contributed by atoms with Crippen molar-refractivity contribution < 1.29 is 26.4 Å². The minimum Gasteiger partial charge on any atom is -0.292 e. The third-order valence-corrected chi connectivity index (χ3v) is 7.23. The minimum absolute atomic E-state index is 0.0243. The summed E-state index contributed by atoms with van der Waals surface area (Å²) in [6.45, 7) is 1.29. The third-order valence-electron chi connectivity index (χ3n) is 4.79. The molecule has 0 aromatic heterocycles. The van der Waals surface area contributed by atoms with Gasteiger partial charge >= 0.3 is 6.18 Å². The Hall–Kier alpha value is -2.28. The summed E-state index contributed by atoms with van der Waals surface area (Å²) in [7, 11) is -3.60. The van der Waals surface area contributed by atoms with E-state index < -0.39 is 27.7 Å². The molecule has 1 N–H and O–H groups in total. The van der Waals surface area contributed by atoms with Crippen LogP contribution in [-0.4, -0.2) is 62.5 Å². The van der Waals surface area contributed by atoms with E-state index in [4.69, 9.17) is 0 Å². The molecule has 1 amide bonds. The lowest BCUT2D eigenvalue weighted by atomic mass is 10.1. The van der Waals surface area contributed by atoms with E-state index in [1.54, 1.807) is 17.0 Å². The molecule has 0 aliphatic carbocycles. The Morgan fingerprint density at radius 3 is 2.19 bits per heavy atom. The van der Waals surface area contributed by atoms with Gasteiger partial charge in [0.05, 0.1) is 23.2 Å². The molecule has 1 heterocycles. The van der Waals surface area contributed by atoms with Crippen LogP contribution in [-0.2, 0) is 21.0 Å². The Morgan fingerprint density at radius 2 is 1.62 bits per heavy atom. The zero-order chi connectivity index (χ0) is 23.4. The van der Waals surface area contributed by atoms with Crippen molar-refractivity contribution in [3.8, 4) is 0 Å². The van der Waals surface area contributed by atoms with Gasteiger partial charge < -0.3 is 0 Å². The van der Waals surface area contributed by atoms with E-state index in [1.165, 1.54) is 34.8 Å². The lowest BCUT2D eigenvalue weighted by Crippen LogP contribution is -2.50. The summed E-state index contributed by atoms with van der Waals surface area (Å²) in [5.41, 5.74) is 1.97. The molecule has 0 bridgehead atoms. The van der Waals surface area contributed by atoms with E-state index in [0.717, 1.165) is 16.6 Å². The summed E-state index contributed by atoms with van der Waals surface area (Å²) in [4.78, 5) is 14.1. The highest BCUT2D eigenvalue weighted by Crippen LogP contribution is 2.28. The number of hydrazone groups is 1. The molecule has 0 radical (unpaired) electrons. The summed E-state index contributed by atoms with van der Waals surface area (Å²) in [5.74, 6) is -0.405. The lowest BCUT2D eigenvalue weighted by Gasteiger charge is -2.33. The molecule has 7 nitrogen and oxygen atoms in total. The number of halogens is 4. The predicted molar refractivity (Wildman–Crippen MR) is 117 cm³/mol. The van der Waals surface area contributed by atoms with E-state index in [2.05, 4.69) is 26.5 Å². The van der Waals surface area contributed by atoms with Crippen molar-refractivity contribution in [1.82, 2.24) is 14.6 Å². The summed E-state index contributed by atoms with van der Waals surface area (Å²) in [5, 5.41) is 3.76. The van der Waals surface area contributed by atoms with Crippen LogP contribution in [0.5, 0.6) is 0 Å². The number of piperazine rings is 1. The van der Waals surface area contributed by atoms with Crippen LogP contribution in [0.3, 0.4) is 0 Å². The van der Waals surface area contributed by atoms with Gasteiger partial charge in [-0.3, -0.25) is 9.69 Å². The van der Waals surface area contributed by atoms with Crippen LogP contribution in [0.1, 0.15) is 11.1 Å². The van der Waals surface area contributed by atoms with Crippen LogP contribution in [0.4, 0.5) is 13.2 Å². The van der Waals surface area contributed by atoms with Gasteiger partial charge in [-0.2, -0.15) is 22.6 Å². The van der Waals surface area contributed by atoms with Gasteiger partial charge in [-0.15, -0.1) is 0 Å². The Morgan fingerprint density at radius 1 is 1.03 bits per heavy atom. The molecule has 0 unspecified atom stereocenters. The summed E-state index contributed by atoms with van der Waals surface area (Å²) >= 11 is 3.28. The first-order chi connectivity index (χ1) is 15.1. The molecule has 3 rings (SSSR count). The number of alkyl halides is 3. The summed E-state index contributed by atoms with van der Waals surface area (Å²) < 4.78 is 65.3. The molecule has 12 heteroatoms. The number of sulfonamides is 1. The van der Waals surface area contributed by atoms with E-state index in [0.29, 0.717) is 18.7 Å². The highest BCUT2D eigenvalue weighted by molar-refractivity contribution is 9.10. The Labute approximate surface area is 192 Å². The van der Waals surface area contributed by atoms with Crippen LogP contribution in [0, 0.1) is 0 Å². The molecule has 1 fully saturated rings. The quantitative estimate of drug-likeness (QED) is 0.458.